The van der Waals surface area contributed by atoms with E-state index in [-0.39, 0.29) is 32.6 Å². The van der Waals surface area contributed by atoms with Gasteiger partial charge in [-0.15, -0.1) is 0 Å². The zero-order chi connectivity index (χ0) is 41.1. The fourth-order valence-corrected chi connectivity index (χ4v) is 7.07. The van der Waals surface area contributed by atoms with Crippen molar-refractivity contribution >= 4 is 19.8 Å². The van der Waals surface area contributed by atoms with Gasteiger partial charge in [-0.1, -0.05) is 166 Å². The van der Waals surface area contributed by atoms with Crippen molar-refractivity contribution in [1.29, 1.82) is 0 Å². The summed E-state index contributed by atoms with van der Waals surface area (Å²) < 4.78 is 32.8. The summed E-state index contributed by atoms with van der Waals surface area (Å²) in [4.78, 5) is 34.9. The highest BCUT2D eigenvalue weighted by Gasteiger charge is 2.26. The van der Waals surface area contributed by atoms with Gasteiger partial charge < -0.3 is 20.1 Å². The Labute approximate surface area is 344 Å². The number of carbonyl (C=O) groups is 2. The molecule has 0 spiro atoms. The Bertz CT molecular complexity index is 1020. The lowest BCUT2D eigenvalue weighted by atomic mass is 10.0. The topological polar surface area (TPSA) is 134 Å². The van der Waals surface area contributed by atoms with Gasteiger partial charge in [0.25, 0.3) is 0 Å². The minimum Gasteiger partial charge on any atom is -0.462 e. The molecule has 0 saturated heterocycles. The number of nitrogens with two attached hydrogens (primary N) is 1. The fourth-order valence-electron chi connectivity index (χ4n) is 6.31. The highest BCUT2D eigenvalue weighted by molar-refractivity contribution is 7.47. The second-order valence-electron chi connectivity index (χ2n) is 15.3. The van der Waals surface area contributed by atoms with Crippen LogP contribution in [0, 0.1) is 0 Å². The third-order valence-electron chi connectivity index (χ3n) is 9.75. The largest absolute Gasteiger partial charge is 0.472 e. The molecule has 10 heteroatoms. The number of esters is 2. The van der Waals surface area contributed by atoms with Crippen molar-refractivity contribution in [2.75, 3.05) is 26.4 Å². The van der Waals surface area contributed by atoms with Gasteiger partial charge >= 0.3 is 19.8 Å². The molecule has 0 heterocycles. The predicted molar refractivity (Wildman–Crippen MR) is 234 cm³/mol. The van der Waals surface area contributed by atoms with Crippen LogP contribution in [0.5, 0.6) is 0 Å². The third kappa shape index (κ3) is 41.9. The van der Waals surface area contributed by atoms with Crippen molar-refractivity contribution in [1.82, 2.24) is 0 Å². The number of allylic oxidation sites excluding steroid dienone is 6. The molecule has 0 fully saturated rings. The van der Waals surface area contributed by atoms with Crippen LogP contribution in [0.15, 0.2) is 36.5 Å². The SMILES string of the molecule is CCCCC/C=C\CCCCCCCC(=O)OCC(COP(=O)(O)OCCN)OC(=O)CCCCCCCCCCCCC/C=C\C/C=C\CCCCCCC. The minimum atomic E-state index is -4.38. The first-order valence-corrected chi connectivity index (χ1v) is 24.5. The molecule has 2 unspecified atom stereocenters. The standard InChI is InChI=1S/C46H86NO8P/c1-3-5-7-9-11-13-15-17-18-19-20-21-22-23-24-25-26-27-29-31-33-35-37-39-46(49)55-44(43-54-56(50,51)53-41-40-47)42-52-45(48)38-36-34-32-30-28-16-14-12-10-8-6-4-2/h12,14-15,17,19-20,44H,3-11,13,16,18,21-43,47H2,1-2H3,(H,50,51)/b14-12-,17-15-,20-19-. The van der Waals surface area contributed by atoms with Crippen molar-refractivity contribution in [2.24, 2.45) is 5.73 Å². The maximum atomic E-state index is 12.6. The molecule has 3 N–H and O–H groups in total. The Morgan fingerprint density at radius 3 is 1.41 bits per heavy atom. The Morgan fingerprint density at radius 2 is 0.929 bits per heavy atom. The van der Waals surface area contributed by atoms with Gasteiger partial charge in [0.05, 0.1) is 13.2 Å². The highest BCUT2D eigenvalue weighted by atomic mass is 31.2. The van der Waals surface area contributed by atoms with Crippen molar-refractivity contribution in [3.05, 3.63) is 36.5 Å². The summed E-state index contributed by atoms with van der Waals surface area (Å²) in [6, 6.07) is 0. The summed E-state index contributed by atoms with van der Waals surface area (Å²) in [5.41, 5.74) is 5.35. The molecular weight excluding hydrogens is 725 g/mol. The fraction of sp³-hybridized carbons (Fsp3) is 0.826. The van der Waals surface area contributed by atoms with E-state index in [0.717, 1.165) is 64.2 Å². The van der Waals surface area contributed by atoms with Crippen LogP contribution >= 0.6 is 7.82 Å². The molecule has 0 aromatic carbocycles. The molecule has 0 aliphatic carbocycles. The van der Waals surface area contributed by atoms with Gasteiger partial charge in [-0.3, -0.25) is 18.6 Å². The van der Waals surface area contributed by atoms with Crippen molar-refractivity contribution in [3.8, 4) is 0 Å². The number of unbranched alkanes of at least 4 members (excludes halogenated alkanes) is 24. The molecule has 2 atom stereocenters. The van der Waals surface area contributed by atoms with Crippen LogP contribution in [0.2, 0.25) is 0 Å². The maximum absolute atomic E-state index is 12.6. The van der Waals surface area contributed by atoms with Crippen LogP contribution in [0.1, 0.15) is 213 Å². The number of rotatable bonds is 43. The first kappa shape index (κ1) is 54.2. The quantitative estimate of drug-likeness (QED) is 0.0267. The summed E-state index contributed by atoms with van der Waals surface area (Å²) >= 11 is 0. The molecule has 0 saturated carbocycles. The molecule has 0 radical (unpaired) electrons. The van der Waals surface area contributed by atoms with Crippen molar-refractivity contribution < 1.29 is 37.6 Å². The smallest absolute Gasteiger partial charge is 0.462 e. The monoisotopic (exact) mass is 812 g/mol. The Morgan fingerprint density at radius 1 is 0.536 bits per heavy atom. The van der Waals surface area contributed by atoms with Gasteiger partial charge in [0.2, 0.25) is 0 Å². The lowest BCUT2D eigenvalue weighted by molar-refractivity contribution is -0.161. The lowest BCUT2D eigenvalue weighted by Crippen LogP contribution is -2.29. The average Bonchev–Trinajstić information content (AvgIpc) is 3.18. The molecule has 0 aromatic rings. The van der Waals surface area contributed by atoms with Crippen molar-refractivity contribution in [3.63, 3.8) is 0 Å². The van der Waals surface area contributed by atoms with E-state index in [4.69, 9.17) is 24.3 Å². The first-order chi connectivity index (χ1) is 27.3. The second kappa shape index (κ2) is 42.8. The average molecular weight is 812 g/mol. The van der Waals surface area contributed by atoms with Crippen LogP contribution in [0.4, 0.5) is 0 Å². The number of carbonyl (C=O) groups excluding carboxylic acids is 2. The van der Waals surface area contributed by atoms with E-state index in [9.17, 15) is 19.0 Å². The summed E-state index contributed by atoms with van der Waals surface area (Å²) in [5.74, 6) is -0.838. The Hall–Kier alpha value is -1.77. The molecule has 0 aliphatic heterocycles. The zero-order valence-corrected chi connectivity index (χ0v) is 37.0. The predicted octanol–water partition coefficient (Wildman–Crippen LogP) is 13.3. The van der Waals surface area contributed by atoms with E-state index in [2.05, 4.69) is 50.3 Å². The van der Waals surface area contributed by atoms with E-state index in [0.29, 0.717) is 6.42 Å². The molecule has 328 valence electrons. The van der Waals surface area contributed by atoms with Gasteiger partial charge in [-0.25, -0.2) is 4.57 Å². The number of phosphoric acid groups is 1. The summed E-state index contributed by atoms with van der Waals surface area (Å²) in [6.07, 6.45) is 47.5. The van der Waals surface area contributed by atoms with Crippen LogP contribution in [-0.2, 0) is 32.7 Å². The van der Waals surface area contributed by atoms with Crippen LogP contribution in [-0.4, -0.2) is 49.3 Å². The van der Waals surface area contributed by atoms with Crippen molar-refractivity contribution in [2.45, 2.75) is 219 Å². The van der Waals surface area contributed by atoms with E-state index in [1.807, 2.05) is 0 Å². The Balaban J connectivity index is 4.06. The van der Waals surface area contributed by atoms with Crippen LogP contribution in [0.25, 0.3) is 0 Å². The summed E-state index contributed by atoms with van der Waals surface area (Å²) in [6.45, 7) is 3.70. The molecule has 0 rings (SSSR count). The lowest BCUT2D eigenvalue weighted by Gasteiger charge is -2.19. The summed E-state index contributed by atoms with van der Waals surface area (Å²) in [7, 11) is -4.38. The van der Waals surface area contributed by atoms with Gasteiger partial charge in [0.15, 0.2) is 6.10 Å². The molecule has 0 amide bonds. The summed E-state index contributed by atoms with van der Waals surface area (Å²) in [5, 5.41) is 0. The zero-order valence-electron chi connectivity index (χ0n) is 36.1. The van der Waals surface area contributed by atoms with E-state index in [1.165, 1.54) is 116 Å². The number of hydrogen-bond acceptors (Lipinski definition) is 8. The number of ether oxygens (including phenoxy) is 2. The minimum absolute atomic E-state index is 0.0520. The third-order valence-corrected chi connectivity index (χ3v) is 10.7. The van der Waals surface area contributed by atoms with Gasteiger partial charge in [0, 0.05) is 19.4 Å². The molecule has 9 nitrogen and oxygen atoms in total. The normalized spacial score (nSPS) is 13.6. The molecule has 0 aliphatic rings. The number of hydrogen-bond donors (Lipinski definition) is 2. The van der Waals surface area contributed by atoms with Gasteiger partial charge in [-0.05, 0) is 70.6 Å². The van der Waals surface area contributed by atoms with Gasteiger partial charge in [0.1, 0.15) is 6.61 Å². The van der Waals surface area contributed by atoms with E-state index >= 15 is 0 Å². The maximum Gasteiger partial charge on any atom is 0.472 e. The van der Waals surface area contributed by atoms with E-state index in [1.54, 1.807) is 0 Å². The van der Waals surface area contributed by atoms with Crippen LogP contribution < -0.4 is 5.73 Å². The Kier molecular flexibility index (Phi) is 41.5. The molecule has 0 aromatic heterocycles. The van der Waals surface area contributed by atoms with Gasteiger partial charge in [-0.2, -0.15) is 0 Å². The number of phosphoric ester groups is 1. The molecule has 0 bridgehead atoms. The highest BCUT2D eigenvalue weighted by Crippen LogP contribution is 2.43. The molecule has 56 heavy (non-hydrogen) atoms. The van der Waals surface area contributed by atoms with E-state index < -0.39 is 32.5 Å². The second-order valence-corrected chi connectivity index (χ2v) is 16.7. The first-order valence-electron chi connectivity index (χ1n) is 23.0. The molecular formula is C46H86NO8P. The van der Waals surface area contributed by atoms with Crippen LogP contribution in [0.3, 0.4) is 0 Å².